The van der Waals surface area contributed by atoms with Crippen molar-refractivity contribution in [1.29, 1.82) is 0 Å². The lowest BCUT2D eigenvalue weighted by molar-refractivity contribution is -0.288. The van der Waals surface area contributed by atoms with Crippen molar-refractivity contribution >= 4 is 0 Å². The lowest BCUT2D eigenvalue weighted by Crippen LogP contribution is -2.72. The van der Waals surface area contributed by atoms with Gasteiger partial charge in [0.2, 0.25) is 17.2 Å². The van der Waals surface area contributed by atoms with Crippen molar-refractivity contribution in [3.8, 4) is 0 Å². The minimum atomic E-state index is -4.37. The summed E-state index contributed by atoms with van der Waals surface area (Å²) in [5.41, 5.74) is -16.4. The summed E-state index contributed by atoms with van der Waals surface area (Å²) in [6.45, 7) is 0.506. The normalized spacial score (nSPS) is 28.5. The molecule has 0 amide bonds. The van der Waals surface area contributed by atoms with Gasteiger partial charge in [0.25, 0.3) is 5.92 Å². The standard InChI is InChI=1S/C12H19F7O/c1-7(13,9(3,15)11(5,17)18)8(2,14)10(4,16)12(6,19)20/h20H,1-6H3. The van der Waals surface area contributed by atoms with Gasteiger partial charge in [-0.2, -0.15) is 0 Å². The molecule has 0 aliphatic rings. The number of hydrogen-bond donors (Lipinski definition) is 1. The van der Waals surface area contributed by atoms with Crippen LogP contribution in [-0.4, -0.2) is 39.6 Å². The van der Waals surface area contributed by atoms with E-state index in [1.54, 1.807) is 0 Å². The van der Waals surface area contributed by atoms with Crippen molar-refractivity contribution in [2.24, 2.45) is 0 Å². The molecule has 0 fully saturated rings. The number of rotatable bonds is 5. The maximum Gasteiger partial charge on any atom is 0.281 e. The van der Waals surface area contributed by atoms with Crippen LogP contribution in [0.1, 0.15) is 41.5 Å². The third-order valence-electron chi connectivity index (χ3n) is 4.33. The van der Waals surface area contributed by atoms with E-state index in [1.165, 1.54) is 0 Å². The third-order valence-corrected chi connectivity index (χ3v) is 4.33. The van der Waals surface area contributed by atoms with Crippen molar-refractivity contribution in [3.05, 3.63) is 0 Å². The van der Waals surface area contributed by atoms with Crippen LogP contribution in [0.2, 0.25) is 0 Å². The van der Waals surface area contributed by atoms with Crippen LogP contribution in [0.3, 0.4) is 0 Å². The SMILES string of the molecule is CC(O)(F)C(C)(F)C(C)(F)C(C)(F)C(C)(F)C(C)(F)F. The second kappa shape index (κ2) is 4.48. The molecule has 0 heterocycles. The van der Waals surface area contributed by atoms with Gasteiger partial charge in [0.05, 0.1) is 0 Å². The van der Waals surface area contributed by atoms with Crippen molar-refractivity contribution in [2.45, 2.75) is 76.0 Å². The predicted octanol–water partition coefficient (Wildman–Crippen LogP) is 4.23. The highest BCUT2D eigenvalue weighted by atomic mass is 19.3. The van der Waals surface area contributed by atoms with E-state index in [0.29, 0.717) is 0 Å². The highest BCUT2D eigenvalue weighted by Gasteiger charge is 2.76. The Bertz CT molecular complexity index is 325. The van der Waals surface area contributed by atoms with Crippen LogP contribution in [0.25, 0.3) is 0 Å². The van der Waals surface area contributed by atoms with Crippen LogP contribution in [-0.2, 0) is 0 Å². The molecule has 0 aromatic carbocycles. The molecule has 1 N–H and O–H groups in total. The van der Waals surface area contributed by atoms with Crippen molar-refractivity contribution < 1.29 is 35.8 Å². The summed E-state index contributed by atoms with van der Waals surface area (Å²) >= 11 is 0. The Morgan fingerprint density at radius 1 is 0.500 bits per heavy atom. The molecule has 0 bridgehead atoms. The van der Waals surface area contributed by atoms with E-state index in [2.05, 4.69) is 0 Å². The van der Waals surface area contributed by atoms with Crippen LogP contribution in [0.5, 0.6) is 0 Å². The zero-order chi connectivity index (χ0) is 17.0. The second-order valence-corrected chi connectivity index (χ2v) is 5.85. The van der Waals surface area contributed by atoms with Gasteiger partial charge in [-0.25, -0.2) is 30.7 Å². The fourth-order valence-electron chi connectivity index (χ4n) is 1.72. The van der Waals surface area contributed by atoms with E-state index >= 15 is 0 Å². The van der Waals surface area contributed by atoms with Gasteiger partial charge in [0.15, 0.2) is 11.3 Å². The average Bonchev–Trinajstić information content (AvgIpc) is 2.12. The number of aliphatic hydroxyl groups is 1. The quantitative estimate of drug-likeness (QED) is 0.753. The molecular weight excluding hydrogens is 293 g/mol. The zero-order valence-corrected chi connectivity index (χ0v) is 12.1. The topological polar surface area (TPSA) is 20.2 Å². The largest absolute Gasteiger partial charge is 0.359 e. The minimum absolute atomic E-state index is 0.00985. The van der Waals surface area contributed by atoms with E-state index in [-0.39, 0.29) is 41.5 Å². The maximum atomic E-state index is 14.4. The van der Waals surface area contributed by atoms with Gasteiger partial charge in [-0.1, -0.05) is 0 Å². The van der Waals surface area contributed by atoms with Gasteiger partial charge in [-0.3, -0.25) is 0 Å². The van der Waals surface area contributed by atoms with Crippen LogP contribution in [0.15, 0.2) is 0 Å². The number of hydrogen-bond acceptors (Lipinski definition) is 1. The van der Waals surface area contributed by atoms with Gasteiger partial charge in [-0.15, -0.1) is 0 Å². The summed E-state index contributed by atoms with van der Waals surface area (Å²) < 4.78 is 96.7. The van der Waals surface area contributed by atoms with Crippen molar-refractivity contribution in [1.82, 2.24) is 0 Å². The van der Waals surface area contributed by atoms with E-state index in [4.69, 9.17) is 5.11 Å². The zero-order valence-electron chi connectivity index (χ0n) is 12.1. The first kappa shape index (κ1) is 19.5. The van der Waals surface area contributed by atoms with Crippen LogP contribution >= 0.6 is 0 Å². The molecular formula is C12H19F7O. The van der Waals surface area contributed by atoms with Crippen LogP contribution < -0.4 is 0 Å². The smallest absolute Gasteiger partial charge is 0.281 e. The number of alkyl halides is 7. The molecule has 0 aromatic heterocycles. The van der Waals surface area contributed by atoms with Crippen LogP contribution in [0.4, 0.5) is 30.7 Å². The first-order valence-corrected chi connectivity index (χ1v) is 5.80. The first-order valence-electron chi connectivity index (χ1n) is 5.80. The molecule has 0 radical (unpaired) electrons. The lowest BCUT2D eigenvalue weighted by Gasteiger charge is -2.50. The summed E-state index contributed by atoms with van der Waals surface area (Å²) in [4.78, 5) is 0. The van der Waals surface area contributed by atoms with Gasteiger partial charge in [-0.05, 0) is 34.6 Å². The highest BCUT2D eigenvalue weighted by Crippen LogP contribution is 2.55. The van der Waals surface area contributed by atoms with E-state index < -0.39 is 34.5 Å². The molecule has 8 heteroatoms. The summed E-state index contributed by atoms with van der Waals surface area (Å²) in [7, 11) is 0. The van der Waals surface area contributed by atoms with Gasteiger partial charge in [0.1, 0.15) is 0 Å². The molecule has 20 heavy (non-hydrogen) atoms. The summed E-state index contributed by atoms with van der Waals surface area (Å²) in [5, 5.41) is 8.95. The van der Waals surface area contributed by atoms with Crippen molar-refractivity contribution in [2.75, 3.05) is 0 Å². The fraction of sp³-hybridized carbons (Fsp3) is 1.00. The van der Waals surface area contributed by atoms with Gasteiger partial charge in [0, 0.05) is 6.92 Å². The van der Waals surface area contributed by atoms with Gasteiger partial charge >= 0.3 is 0 Å². The second-order valence-electron chi connectivity index (χ2n) is 5.85. The molecule has 0 saturated carbocycles. The molecule has 0 spiro atoms. The Hall–Kier alpha value is -0.530. The van der Waals surface area contributed by atoms with Crippen molar-refractivity contribution in [3.63, 3.8) is 0 Å². The molecule has 0 aromatic rings. The molecule has 1 nitrogen and oxygen atoms in total. The molecule has 0 aliphatic heterocycles. The molecule has 5 atom stereocenters. The monoisotopic (exact) mass is 312 g/mol. The van der Waals surface area contributed by atoms with E-state index in [0.717, 1.165) is 0 Å². The Balaban J connectivity index is 6.08. The Labute approximate surface area is 113 Å². The fourth-order valence-corrected chi connectivity index (χ4v) is 1.72. The average molecular weight is 312 g/mol. The first-order chi connectivity index (χ1) is 8.25. The minimum Gasteiger partial charge on any atom is -0.359 e. The Morgan fingerprint density at radius 3 is 0.950 bits per heavy atom. The molecule has 0 aliphatic carbocycles. The highest BCUT2D eigenvalue weighted by molar-refractivity contribution is 5.19. The number of halogens is 7. The summed E-state index contributed by atoms with van der Waals surface area (Å²) in [6, 6.07) is 0. The Kier molecular flexibility index (Phi) is 4.36. The maximum absolute atomic E-state index is 14.4. The molecule has 122 valence electrons. The Morgan fingerprint density at radius 2 is 0.750 bits per heavy atom. The predicted molar refractivity (Wildman–Crippen MR) is 60.4 cm³/mol. The molecule has 5 unspecified atom stereocenters. The summed E-state index contributed by atoms with van der Waals surface area (Å²) in [6.07, 6.45) is 0. The van der Waals surface area contributed by atoms with E-state index in [1.807, 2.05) is 0 Å². The van der Waals surface area contributed by atoms with E-state index in [9.17, 15) is 30.7 Å². The lowest BCUT2D eigenvalue weighted by atomic mass is 9.66. The third kappa shape index (κ3) is 2.40. The molecule has 0 saturated heterocycles. The summed E-state index contributed by atoms with van der Waals surface area (Å²) in [5.74, 6) is -8.29. The van der Waals surface area contributed by atoms with Gasteiger partial charge < -0.3 is 5.11 Å². The molecule has 0 rings (SSSR count). The van der Waals surface area contributed by atoms with Crippen LogP contribution in [0, 0.1) is 0 Å².